The third-order valence-corrected chi connectivity index (χ3v) is 8.68. The molecule has 7 nitrogen and oxygen atoms in total. The first-order chi connectivity index (χ1) is 21.9. The molecule has 5 aromatic rings. The molecule has 234 valence electrons. The molecular formula is C33H23F5N4O3S. The molecule has 0 radical (unpaired) electrons. The van der Waals surface area contributed by atoms with Gasteiger partial charge in [0.15, 0.2) is 0 Å². The summed E-state index contributed by atoms with van der Waals surface area (Å²) in [4.78, 5) is 16.2. The number of nitrogens with one attached hydrogen (secondary N) is 1. The van der Waals surface area contributed by atoms with Crippen LogP contribution < -0.4 is 9.03 Å². The Morgan fingerprint density at radius 2 is 1.61 bits per heavy atom. The van der Waals surface area contributed by atoms with Crippen molar-refractivity contribution in [2.24, 2.45) is 0 Å². The number of hydrogen-bond acceptors (Lipinski definition) is 4. The average Bonchev–Trinajstić information content (AvgIpc) is 3.54. The molecule has 1 aromatic heterocycles. The molecule has 0 aliphatic carbocycles. The predicted molar refractivity (Wildman–Crippen MR) is 163 cm³/mol. The number of alkyl halides is 3. The summed E-state index contributed by atoms with van der Waals surface area (Å²) in [6.07, 6.45) is 0.580. The fourth-order valence-corrected chi connectivity index (χ4v) is 6.14. The fourth-order valence-electron chi connectivity index (χ4n) is 4.99. The SMILES string of the molecule is O=C1CN(c2ccc(Cn3cc(-c4ccc(F)cc4F)nc3C=Cc3ccc(-c4cccc(C(F)(F)F)c4)cc3)cc2)S(=O)(=O)N1. The maximum absolute atomic E-state index is 14.7. The molecule has 1 N–H and O–H groups in total. The van der Waals surface area contributed by atoms with Crippen molar-refractivity contribution in [3.63, 3.8) is 0 Å². The number of halogens is 5. The second-order valence-electron chi connectivity index (χ2n) is 10.5. The van der Waals surface area contributed by atoms with Crippen LogP contribution in [0.4, 0.5) is 27.6 Å². The Hall–Kier alpha value is -5.30. The second kappa shape index (κ2) is 11.9. The second-order valence-corrected chi connectivity index (χ2v) is 12.1. The Kier molecular flexibility index (Phi) is 7.94. The Bertz CT molecular complexity index is 2070. The minimum absolute atomic E-state index is 0.0898. The molecule has 2 heterocycles. The number of hydrogen-bond donors (Lipinski definition) is 1. The summed E-state index contributed by atoms with van der Waals surface area (Å²) in [7, 11) is -3.96. The average molecular weight is 651 g/mol. The molecule has 1 amide bonds. The van der Waals surface area contributed by atoms with Crippen molar-refractivity contribution in [3.8, 4) is 22.4 Å². The standard InChI is InChI=1S/C33H23F5N4O3S/c34-26-11-14-28(29(35)17-26)30-19-41(18-22-6-12-27(13-7-22)42-20-32(43)40-46(42,44)45)31(39-30)15-8-21-4-9-23(10-5-21)24-2-1-3-25(16-24)33(36,37)38/h1-17,19H,18,20H2,(H,40,43). The monoisotopic (exact) mass is 650 g/mol. The van der Waals surface area contributed by atoms with Crippen LogP contribution in [-0.4, -0.2) is 30.4 Å². The molecule has 0 unspecified atom stereocenters. The molecule has 1 saturated heterocycles. The quantitative estimate of drug-likeness (QED) is 0.194. The smallest absolute Gasteiger partial charge is 0.326 e. The number of carbonyl (C=O) groups excluding carboxylic acids is 1. The Balaban J connectivity index is 1.28. The van der Waals surface area contributed by atoms with Crippen molar-refractivity contribution in [1.82, 2.24) is 14.3 Å². The van der Waals surface area contributed by atoms with Gasteiger partial charge in [0.05, 0.1) is 16.9 Å². The van der Waals surface area contributed by atoms with E-state index in [2.05, 4.69) is 4.98 Å². The molecule has 1 aliphatic heterocycles. The van der Waals surface area contributed by atoms with E-state index in [-0.39, 0.29) is 24.3 Å². The van der Waals surface area contributed by atoms with Gasteiger partial charge in [-0.1, -0.05) is 54.6 Å². The summed E-state index contributed by atoms with van der Waals surface area (Å²) >= 11 is 0. The lowest BCUT2D eigenvalue weighted by Gasteiger charge is -2.15. The third kappa shape index (κ3) is 6.54. The highest BCUT2D eigenvalue weighted by atomic mass is 32.2. The van der Waals surface area contributed by atoms with Gasteiger partial charge in [-0.05, 0) is 64.7 Å². The first-order valence-corrected chi connectivity index (χ1v) is 15.2. The van der Waals surface area contributed by atoms with Gasteiger partial charge in [0.1, 0.15) is 24.0 Å². The maximum atomic E-state index is 14.7. The number of anilines is 1. The van der Waals surface area contributed by atoms with E-state index in [0.717, 1.165) is 39.7 Å². The summed E-state index contributed by atoms with van der Waals surface area (Å²) < 4.78 is 96.7. The lowest BCUT2D eigenvalue weighted by molar-refractivity contribution is -0.137. The third-order valence-electron chi connectivity index (χ3n) is 7.27. The highest BCUT2D eigenvalue weighted by Crippen LogP contribution is 2.32. The zero-order chi connectivity index (χ0) is 32.6. The van der Waals surface area contributed by atoms with Crippen LogP contribution in [0, 0.1) is 11.6 Å². The van der Waals surface area contributed by atoms with Crippen molar-refractivity contribution < 1.29 is 35.2 Å². The lowest BCUT2D eigenvalue weighted by Crippen LogP contribution is -2.29. The van der Waals surface area contributed by atoms with Crippen LogP contribution in [0.5, 0.6) is 0 Å². The van der Waals surface area contributed by atoms with Gasteiger partial charge in [-0.15, -0.1) is 0 Å². The van der Waals surface area contributed by atoms with Crippen molar-refractivity contribution >= 4 is 34.0 Å². The number of nitrogens with zero attached hydrogens (tertiary/aromatic N) is 3. The summed E-state index contributed by atoms with van der Waals surface area (Å²) in [6.45, 7) is -0.0835. The van der Waals surface area contributed by atoms with Gasteiger partial charge in [0, 0.05) is 24.4 Å². The molecule has 0 saturated carbocycles. The minimum Gasteiger partial charge on any atom is -0.326 e. The number of carbonyl (C=O) groups is 1. The van der Waals surface area contributed by atoms with E-state index >= 15 is 0 Å². The molecule has 6 rings (SSSR count). The number of rotatable bonds is 7. The minimum atomic E-state index is -4.45. The van der Waals surface area contributed by atoms with E-state index in [4.69, 9.17) is 0 Å². The summed E-state index contributed by atoms with van der Waals surface area (Å²) in [5.74, 6) is -1.73. The molecular weight excluding hydrogens is 627 g/mol. The molecule has 13 heteroatoms. The van der Waals surface area contributed by atoms with Gasteiger partial charge in [0.25, 0.3) is 5.91 Å². The molecule has 4 aromatic carbocycles. The van der Waals surface area contributed by atoms with E-state index in [0.29, 0.717) is 22.6 Å². The molecule has 0 bridgehead atoms. The van der Waals surface area contributed by atoms with Crippen molar-refractivity contribution in [3.05, 3.63) is 131 Å². The van der Waals surface area contributed by atoms with Gasteiger partial charge in [0.2, 0.25) is 0 Å². The van der Waals surface area contributed by atoms with Crippen molar-refractivity contribution in [2.75, 3.05) is 10.8 Å². The normalized spacial score (nSPS) is 14.6. The van der Waals surface area contributed by atoms with Gasteiger partial charge in [-0.2, -0.15) is 21.6 Å². The lowest BCUT2D eigenvalue weighted by atomic mass is 10.0. The molecule has 0 spiro atoms. The van der Waals surface area contributed by atoms with Gasteiger partial charge in [-0.3, -0.25) is 4.79 Å². The Morgan fingerprint density at radius 1 is 0.870 bits per heavy atom. The van der Waals surface area contributed by atoms with E-state index in [9.17, 15) is 35.2 Å². The van der Waals surface area contributed by atoms with Gasteiger partial charge >= 0.3 is 16.4 Å². The van der Waals surface area contributed by atoms with E-state index in [1.54, 1.807) is 77.5 Å². The first-order valence-electron chi connectivity index (χ1n) is 13.8. The van der Waals surface area contributed by atoms with Crippen LogP contribution in [0.15, 0.2) is 97.2 Å². The molecule has 1 aliphatic rings. The highest BCUT2D eigenvalue weighted by molar-refractivity contribution is 7.92. The van der Waals surface area contributed by atoms with E-state index in [1.807, 2.05) is 4.72 Å². The highest BCUT2D eigenvalue weighted by Gasteiger charge is 2.34. The van der Waals surface area contributed by atoms with Crippen LogP contribution in [0.25, 0.3) is 34.5 Å². The molecule has 46 heavy (non-hydrogen) atoms. The van der Waals surface area contributed by atoms with E-state index in [1.165, 1.54) is 12.1 Å². The topological polar surface area (TPSA) is 84.3 Å². The first kappa shape index (κ1) is 30.7. The maximum Gasteiger partial charge on any atom is 0.416 e. The molecule has 1 fully saturated rings. The zero-order valence-corrected chi connectivity index (χ0v) is 24.5. The largest absolute Gasteiger partial charge is 0.416 e. The van der Waals surface area contributed by atoms with Gasteiger partial charge in [-0.25, -0.2) is 22.8 Å². The number of imidazole rings is 1. The van der Waals surface area contributed by atoms with Crippen LogP contribution in [0.1, 0.15) is 22.5 Å². The fraction of sp³-hybridized carbons (Fsp3) is 0.0909. The summed E-state index contributed by atoms with van der Waals surface area (Å²) in [5, 5.41) is 0. The molecule has 0 atom stereocenters. The van der Waals surface area contributed by atoms with Crippen LogP contribution >= 0.6 is 0 Å². The van der Waals surface area contributed by atoms with Crippen LogP contribution in [-0.2, 0) is 27.7 Å². The number of amides is 1. The number of aromatic nitrogens is 2. The zero-order valence-electron chi connectivity index (χ0n) is 23.7. The van der Waals surface area contributed by atoms with Crippen molar-refractivity contribution in [1.29, 1.82) is 0 Å². The van der Waals surface area contributed by atoms with Crippen LogP contribution in [0.2, 0.25) is 0 Å². The predicted octanol–water partition coefficient (Wildman–Crippen LogP) is 6.91. The number of benzene rings is 4. The van der Waals surface area contributed by atoms with Crippen molar-refractivity contribution in [2.45, 2.75) is 12.7 Å². The van der Waals surface area contributed by atoms with Gasteiger partial charge < -0.3 is 4.57 Å². The summed E-state index contributed by atoms with van der Waals surface area (Å²) in [5.41, 5.74) is 2.38. The van der Waals surface area contributed by atoms with E-state index < -0.39 is 39.5 Å². The Labute approximate surface area is 260 Å². The summed E-state index contributed by atoms with van der Waals surface area (Å²) in [6, 6.07) is 21.6. The Morgan fingerprint density at radius 3 is 2.26 bits per heavy atom. The van der Waals surface area contributed by atoms with Crippen LogP contribution in [0.3, 0.4) is 0 Å².